The van der Waals surface area contributed by atoms with E-state index >= 15 is 0 Å². The summed E-state index contributed by atoms with van der Waals surface area (Å²) in [5.74, 6) is 0. The topological polar surface area (TPSA) is 3.24 Å². The third kappa shape index (κ3) is 16.2. The molecule has 128 valence electrons. The molecule has 1 heteroatoms. The van der Waals surface area contributed by atoms with Crippen LogP contribution in [0.1, 0.15) is 111 Å². The monoisotopic (exact) mass is 297 g/mol. The van der Waals surface area contributed by atoms with E-state index in [2.05, 4.69) is 25.7 Å². The van der Waals surface area contributed by atoms with Gasteiger partial charge in [-0.15, -0.1) is 0 Å². The van der Waals surface area contributed by atoms with Gasteiger partial charge in [0.1, 0.15) is 0 Å². The van der Waals surface area contributed by atoms with E-state index in [4.69, 9.17) is 0 Å². The largest absolute Gasteiger partial charge is 0.304 e. The standard InChI is InChI=1S/C20H43N/c1-4-7-9-11-13-15-17-19-21(6-3)20-18-16-14-12-10-8-5-2/h4-20H2,1-3H3. The van der Waals surface area contributed by atoms with Crippen molar-refractivity contribution >= 4 is 0 Å². The maximum absolute atomic E-state index is 2.66. The van der Waals surface area contributed by atoms with Crippen LogP contribution in [0.2, 0.25) is 0 Å². The lowest BCUT2D eigenvalue weighted by Crippen LogP contribution is -2.25. The zero-order valence-electron chi connectivity index (χ0n) is 15.5. The zero-order valence-corrected chi connectivity index (χ0v) is 15.5. The fourth-order valence-electron chi connectivity index (χ4n) is 3.01. The molecule has 0 radical (unpaired) electrons. The van der Waals surface area contributed by atoms with Crippen LogP contribution in [0.3, 0.4) is 0 Å². The van der Waals surface area contributed by atoms with Crippen LogP contribution in [0.4, 0.5) is 0 Å². The summed E-state index contributed by atoms with van der Waals surface area (Å²) in [6.07, 6.45) is 20.0. The van der Waals surface area contributed by atoms with Crippen LogP contribution in [-0.2, 0) is 0 Å². The first-order valence-electron chi connectivity index (χ1n) is 10.1. The highest BCUT2D eigenvalue weighted by Crippen LogP contribution is 2.10. The van der Waals surface area contributed by atoms with Gasteiger partial charge in [0.05, 0.1) is 0 Å². The van der Waals surface area contributed by atoms with Crippen molar-refractivity contribution in [2.45, 2.75) is 111 Å². The highest BCUT2D eigenvalue weighted by Gasteiger charge is 2.01. The van der Waals surface area contributed by atoms with E-state index < -0.39 is 0 Å². The van der Waals surface area contributed by atoms with Gasteiger partial charge in [-0.25, -0.2) is 0 Å². The molecule has 21 heavy (non-hydrogen) atoms. The van der Waals surface area contributed by atoms with E-state index in [0.717, 1.165) is 0 Å². The summed E-state index contributed by atoms with van der Waals surface area (Å²) in [4.78, 5) is 2.66. The quantitative estimate of drug-likeness (QED) is 0.266. The second-order valence-corrected chi connectivity index (χ2v) is 6.68. The number of nitrogens with zero attached hydrogens (tertiary/aromatic N) is 1. The van der Waals surface area contributed by atoms with E-state index in [1.165, 1.54) is 110 Å². The number of rotatable bonds is 17. The molecular formula is C20H43N. The molecule has 0 unspecified atom stereocenters. The third-order valence-corrected chi connectivity index (χ3v) is 4.60. The summed E-state index contributed by atoms with van der Waals surface area (Å²) < 4.78 is 0. The molecule has 0 bridgehead atoms. The molecule has 0 aliphatic heterocycles. The fourth-order valence-corrected chi connectivity index (χ4v) is 3.01. The van der Waals surface area contributed by atoms with Crippen molar-refractivity contribution in [2.75, 3.05) is 19.6 Å². The molecule has 0 saturated heterocycles. The van der Waals surface area contributed by atoms with Crippen LogP contribution in [0, 0.1) is 0 Å². The molecule has 0 aromatic carbocycles. The maximum atomic E-state index is 2.66. The molecular weight excluding hydrogens is 254 g/mol. The van der Waals surface area contributed by atoms with Crippen LogP contribution < -0.4 is 0 Å². The van der Waals surface area contributed by atoms with Crippen LogP contribution in [0.15, 0.2) is 0 Å². The van der Waals surface area contributed by atoms with Crippen LogP contribution >= 0.6 is 0 Å². The molecule has 0 aromatic rings. The SMILES string of the molecule is CCCCCCCCCN(CC)CCCCCCCCC. The summed E-state index contributed by atoms with van der Waals surface area (Å²) >= 11 is 0. The minimum Gasteiger partial charge on any atom is -0.304 e. The van der Waals surface area contributed by atoms with Crippen LogP contribution in [0.5, 0.6) is 0 Å². The van der Waals surface area contributed by atoms with Gasteiger partial charge in [-0.3, -0.25) is 0 Å². The summed E-state index contributed by atoms with van der Waals surface area (Å²) in [6.45, 7) is 10.8. The predicted octanol–water partition coefficient (Wildman–Crippen LogP) is 6.81. The van der Waals surface area contributed by atoms with E-state index in [-0.39, 0.29) is 0 Å². The van der Waals surface area contributed by atoms with Crippen molar-refractivity contribution in [1.82, 2.24) is 4.90 Å². The molecule has 0 rings (SSSR count). The van der Waals surface area contributed by atoms with Gasteiger partial charge in [-0.1, -0.05) is 97.8 Å². The Morgan fingerprint density at radius 3 is 1.10 bits per heavy atom. The van der Waals surface area contributed by atoms with Gasteiger partial charge in [0.2, 0.25) is 0 Å². The van der Waals surface area contributed by atoms with Crippen molar-refractivity contribution in [2.24, 2.45) is 0 Å². The van der Waals surface area contributed by atoms with Crippen molar-refractivity contribution in [3.8, 4) is 0 Å². The highest BCUT2D eigenvalue weighted by molar-refractivity contribution is 4.57. The lowest BCUT2D eigenvalue weighted by molar-refractivity contribution is 0.273. The zero-order chi connectivity index (χ0) is 15.6. The summed E-state index contributed by atoms with van der Waals surface area (Å²) in [6, 6.07) is 0. The normalized spacial score (nSPS) is 11.4. The Hall–Kier alpha value is -0.0400. The molecule has 0 amide bonds. The van der Waals surface area contributed by atoms with Gasteiger partial charge < -0.3 is 4.90 Å². The van der Waals surface area contributed by atoms with Crippen molar-refractivity contribution in [3.63, 3.8) is 0 Å². The Morgan fingerprint density at radius 2 is 0.762 bits per heavy atom. The van der Waals surface area contributed by atoms with Gasteiger partial charge in [0, 0.05) is 0 Å². The maximum Gasteiger partial charge on any atom is -0.00189 e. The average Bonchev–Trinajstić information content (AvgIpc) is 2.51. The summed E-state index contributed by atoms with van der Waals surface area (Å²) in [7, 11) is 0. The Kier molecular flexibility index (Phi) is 18.0. The van der Waals surface area contributed by atoms with E-state index in [1.807, 2.05) is 0 Å². The lowest BCUT2D eigenvalue weighted by atomic mass is 10.1. The second kappa shape index (κ2) is 18.0. The van der Waals surface area contributed by atoms with Crippen molar-refractivity contribution < 1.29 is 0 Å². The van der Waals surface area contributed by atoms with E-state index in [1.54, 1.807) is 0 Å². The molecule has 0 N–H and O–H groups in total. The summed E-state index contributed by atoms with van der Waals surface area (Å²) in [5, 5.41) is 0. The molecule has 1 nitrogen and oxygen atoms in total. The first kappa shape index (κ1) is 21.0. The molecule has 0 atom stereocenters. The molecule has 0 heterocycles. The van der Waals surface area contributed by atoms with Crippen LogP contribution in [-0.4, -0.2) is 24.5 Å². The molecule has 0 spiro atoms. The second-order valence-electron chi connectivity index (χ2n) is 6.68. The molecule has 0 aromatic heterocycles. The van der Waals surface area contributed by atoms with E-state index in [9.17, 15) is 0 Å². The van der Waals surface area contributed by atoms with Gasteiger partial charge in [-0.05, 0) is 32.5 Å². The first-order valence-corrected chi connectivity index (χ1v) is 10.1. The Labute approximate surface area is 135 Å². The predicted molar refractivity (Wildman–Crippen MR) is 98.1 cm³/mol. The smallest absolute Gasteiger partial charge is 0.00189 e. The number of unbranched alkanes of at least 4 members (excludes halogenated alkanes) is 12. The van der Waals surface area contributed by atoms with Gasteiger partial charge >= 0.3 is 0 Å². The van der Waals surface area contributed by atoms with E-state index in [0.29, 0.717) is 0 Å². The minimum atomic E-state index is 1.24. The number of hydrogen-bond acceptors (Lipinski definition) is 1. The lowest BCUT2D eigenvalue weighted by Gasteiger charge is -2.20. The van der Waals surface area contributed by atoms with Crippen LogP contribution in [0.25, 0.3) is 0 Å². The van der Waals surface area contributed by atoms with Gasteiger partial charge in [-0.2, -0.15) is 0 Å². The Bertz CT molecular complexity index is 161. The highest BCUT2D eigenvalue weighted by atomic mass is 15.1. The minimum absolute atomic E-state index is 1.24. The molecule has 0 fully saturated rings. The third-order valence-electron chi connectivity index (χ3n) is 4.60. The fraction of sp³-hybridized carbons (Fsp3) is 1.00. The molecule has 0 saturated carbocycles. The number of hydrogen-bond donors (Lipinski definition) is 0. The first-order chi connectivity index (χ1) is 10.3. The van der Waals surface area contributed by atoms with Gasteiger partial charge in [0.25, 0.3) is 0 Å². The Balaban J connectivity index is 3.29. The Morgan fingerprint density at radius 1 is 0.429 bits per heavy atom. The van der Waals surface area contributed by atoms with Crippen molar-refractivity contribution in [3.05, 3.63) is 0 Å². The average molecular weight is 298 g/mol. The molecule has 0 aliphatic rings. The van der Waals surface area contributed by atoms with Gasteiger partial charge in [0.15, 0.2) is 0 Å². The summed E-state index contributed by atoms with van der Waals surface area (Å²) in [5.41, 5.74) is 0. The molecule has 0 aliphatic carbocycles. The van der Waals surface area contributed by atoms with Crippen molar-refractivity contribution in [1.29, 1.82) is 0 Å².